The number of hydrogen-bond donors (Lipinski definition) is 0. The molecular formula is C13H8F2N2O4. The van der Waals surface area contributed by atoms with Gasteiger partial charge in [-0.05, 0) is 24.3 Å². The zero-order valence-corrected chi connectivity index (χ0v) is 10.4. The van der Waals surface area contributed by atoms with E-state index < -0.39 is 28.8 Å². The number of pyridine rings is 1. The van der Waals surface area contributed by atoms with Gasteiger partial charge in [-0.1, -0.05) is 6.07 Å². The number of carbonyl (C=O) groups is 1. The minimum absolute atomic E-state index is 0.0325. The maximum atomic E-state index is 12.3. The van der Waals surface area contributed by atoms with Crippen molar-refractivity contribution >= 4 is 11.5 Å². The van der Waals surface area contributed by atoms with Gasteiger partial charge in [0.1, 0.15) is 5.69 Å². The van der Waals surface area contributed by atoms with Crippen LogP contribution in [0.15, 0.2) is 42.6 Å². The van der Waals surface area contributed by atoms with Crippen molar-refractivity contribution < 1.29 is 23.2 Å². The SMILES string of the molecule is O=C(c1ccc([N+](=O)[O-])c(OC(F)F)c1)c1ccccn1. The molecule has 0 aliphatic heterocycles. The monoisotopic (exact) mass is 294 g/mol. The quantitative estimate of drug-likeness (QED) is 0.481. The van der Waals surface area contributed by atoms with Gasteiger partial charge in [-0.15, -0.1) is 0 Å². The summed E-state index contributed by atoms with van der Waals surface area (Å²) >= 11 is 0. The van der Waals surface area contributed by atoms with Gasteiger partial charge in [0.05, 0.1) is 4.92 Å². The summed E-state index contributed by atoms with van der Waals surface area (Å²) in [7, 11) is 0. The van der Waals surface area contributed by atoms with E-state index in [0.29, 0.717) is 0 Å². The highest BCUT2D eigenvalue weighted by Crippen LogP contribution is 2.30. The minimum atomic E-state index is -3.23. The maximum Gasteiger partial charge on any atom is 0.387 e. The molecule has 0 amide bonds. The molecule has 0 aliphatic carbocycles. The third kappa shape index (κ3) is 3.35. The van der Waals surface area contributed by atoms with Crippen LogP contribution >= 0.6 is 0 Å². The van der Waals surface area contributed by atoms with Crippen LogP contribution in [0.1, 0.15) is 16.1 Å². The normalized spacial score (nSPS) is 10.4. The number of nitrogens with zero attached hydrogens (tertiary/aromatic N) is 2. The van der Waals surface area contributed by atoms with Crippen molar-refractivity contribution in [3.63, 3.8) is 0 Å². The topological polar surface area (TPSA) is 82.3 Å². The largest absolute Gasteiger partial charge is 0.427 e. The third-order valence-electron chi connectivity index (χ3n) is 2.53. The van der Waals surface area contributed by atoms with Crippen molar-refractivity contribution in [1.82, 2.24) is 4.98 Å². The molecule has 0 aliphatic rings. The highest BCUT2D eigenvalue weighted by molar-refractivity contribution is 6.08. The first-order valence-corrected chi connectivity index (χ1v) is 5.68. The van der Waals surface area contributed by atoms with E-state index in [9.17, 15) is 23.7 Å². The molecule has 8 heteroatoms. The van der Waals surface area contributed by atoms with Crippen LogP contribution in [0.3, 0.4) is 0 Å². The number of ether oxygens (including phenoxy) is 1. The molecule has 0 spiro atoms. The van der Waals surface area contributed by atoms with Crippen LogP contribution in [0.5, 0.6) is 5.75 Å². The van der Waals surface area contributed by atoms with E-state index in [-0.39, 0.29) is 11.3 Å². The number of alkyl halides is 2. The number of hydrogen-bond acceptors (Lipinski definition) is 5. The van der Waals surface area contributed by atoms with Crippen LogP contribution in [-0.2, 0) is 0 Å². The molecule has 0 radical (unpaired) electrons. The molecule has 1 heterocycles. The summed E-state index contributed by atoms with van der Waals surface area (Å²) in [5.74, 6) is -1.22. The Kier molecular flexibility index (Phi) is 4.17. The summed E-state index contributed by atoms with van der Waals surface area (Å²) in [4.78, 5) is 25.8. The van der Waals surface area contributed by atoms with Crippen molar-refractivity contribution in [1.29, 1.82) is 0 Å². The Morgan fingerprint density at radius 1 is 1.29 bits per heavy atom. The zero-order valence-electron chi connectivity index (χ0n) is 10.4. The van der Waals surface area contributed by atoms with E-state index in [1.807, 2.05) is 0 Å². The molecular weight excluding hydrogens is 286 g/mol. The Morgan fingerprint density at radius 2 is 2.05 bits per heavy atom. The number of halogens is 2. The van der Waals surface area contributed by atoms with Gasteiger partial charge in [0.25, 0.3) is 0 Å². The number of rotatable bonds is 5. The van der Waals surface area contributed by atoms with Gasteiger partial charge >= 0.3 is 12.3 Å². The predicted molar refractivity (Wildman–Crippen MR) is 67.4 cm³/mol. The highest BCUT2D eigenvalue weighted by atomic mass is 19.3. The zero-order chi connectivity index (χ0) is 15.4. The van der Waals surface area contributed by atoms with Crippen molar-refractivity contribution in [2.75, 3.05) is 0 Å². The van der Waals surface area contributed by atoms with Crippen LogP contribution in [0, 0.1) is 10.1 Å². The molecule has 0 saturated carbocycles. The summed E-state index contributed by atoms with van der Waals surface area (Å²) in [6.45, 7) is -3.23. The summed E-state index contributed by atoms with van der Waals surface area (Å²) in [6.07, 6.45) is 1.40. The van der Waals surface area contributed by atoms with Gasteiger partial charge in [0.15, 0.2) is 0 Å². The molecule has 1 aromatic heterocycles. The molecule has 0 N–H and O–H groups in total. The van der Waals surface area contributed by atoms with Crippen molar-refractivity contribution in [3.8, 4) is 5.75 Å². The van der Waals surface area contributed by atoms with Crippen molar-refractivity contribution in [2.45, 2.75) is 6.61 Å². The van der Waals surface area contributed by atoms with E-state index in [2.05, 4.69) is 9.72 Å². The van der Waals surface area contributed by atoms with Gasteiger partial charge in [0, 0.05) is 17.8 Å². The third-order valence-corrected chi connectivity index (χ3v) is 2.53. The fourth-order valence-corrected chi connectivity index (χ4v) is 1.64. The minimum Gasteiger partial charge on any atom is -0.427 e. The van der Waals surface area contributed by atoms with E-state index in [1.54, 1.807) is 12.1 Å². The molecule has 2 rings (SSSR count). The highest BCUT2D eigenvalue weighted by Gasteiger charge is 2.21. The van der Waals surface area contributed by atoms with E-state index >= 15 is 0 Å². The second kappa shape index (κ2) is 6.04. The molecule has 6 nitrogen and oxygen atoms in total. The van der Waals surface area contributed by atoms with Crippen LogP contribution in [-0.4, -0.2) is 22.3 Å². The standard InChI is InChI=1S/C13H8F2N2O4/c14-13(15)21-11-7-8(4-5-10(11)17(19)20)12(18)9-3-1-2-6-16-9/h1-7,13H. The summed E-state index contributed by atoms with van der Waals surface area (Å²) < 4.78 is 28.6. The fraction of sp³-hybridized carbons (Fsp3) is 0.0769. The fourth-order valence-electron chi connectivity index (χ4n) is 1.64. The molecule has 1 aromatic carbocycles. The first-order valence-electron chi connectivity index (χ1n) is 5.68. The van der Waals surface area contributed by atoms with Gasteiger partial charge < -0.3 is 4.74 Å². The van der Waals surface area contributed by atoms with Gasteiger partial charge in [-0.2, -0.15) is 8.78 Å². The summed E-state index contributed by atoms with van der Waals surface area (Å²) in [6, 6.07) is 7.64. The second-order valence-corrected chi connectivity index (χ2v) is 3.86. The lowest BCUT2D eigenvalue weighted by Gasteiger charge is -2.07. The lowest BCUT2D eigenvalue weighted by molar-refractivity contribution is -0.386. The van der Waals surface area contributed by atoms with Crippen LogP contribution in [0.25, 0.3) is 0 Å². The van der Waals surface area contributed by atoms with Crippen LogP contribution < -0.4 is 4.74 Å². The Balaban J connectivity index is 2.42. The molecule has 0 saturated heterocycles. The molecule has 108 valence electrons. The molecule has 21 heavy (non-hydrogen) atoms. The van der Waals surface area contributed by atoms with Gasteiger partial charge in [-0.25, -0.2) is 0 Å². The smallest absolute Gasteiger partial charge is 0.387 e. The average Bonchev–Trinajstić information content (AvgIpc) is 2.46. The Hall–Kier alpha value is -2.90. The first kappa shape index (κ1) is 14.5. The number of benzene rings is 1. The lowest BCUT2D eigenvalue weighted by atomic mass is 10.1. The summed E-state index contributed by atoms with van der Waals surface area (Å²) in [5.41, 5.74) is -0.586. The number of nitro benzene ring substituents is 1. The Morgan fingerprint density at radius 3 is 2.62 bits per heavy atom. The molecule has 0 fully saturated rings. The molecule has 0 atom stereocenters. The van der Waals surface area contributed by atoms with E-state index in [4.69, 9.17) is 0 Å². The Bertz CT molecular complexity index is 677. The van der Waals surface area contributed by atoms with Crippen molar-refractivity contribution in [2.24, 2.45) is 0 Å². The van der Waals surface area contributed by atoms with Crippen molar-refractivity contribution in [3.05, 3.63) is 64.0 Å². The van der Waals surface area contributed by atoms with Gasteiger partial charge in [-0.3, -0.25) is 19.9 Å². The van der Waals surface area contributed by atoms with Gasteiger partial charge in [0.2, 0.25) is 11.5 Å². The number of ketones is 1. The number of nitro groups is 1. The Labute approximate surface area is 117 Å². The molecule has 0 unspecified atom stereocenters. The predicted octanol–water partition coefficient (Wildman–Crippen LogP) is 2.82. The number of aromatic nitrogens is 1. The van der Waals surface area contributed by atoms with E-state index in [0.717, 1.165) is 18.2 Å². The second-order valence-electron chi connectivity index (χ2n) is 3.86. The maximum absolute atomic E-state index is 12.3. The first-order chi connectivity index (χ1) is 9.99. The lowest BCUT2D eigenvalue weighted by Crippen LogP contribution is -2.08. The summed E-state index contributed by atoms with van der Waals surface area (Å²) in [5, 5.41) is 10.7. The van der Waals surface area contributed by atoms with Crippen LogP contribution in [0.4, 0.5) is 14.5 Å². The molecule has 2 aromatic rings. The van der Waals surface area contributed by atoms with Crippen LogP contribution in [0.2, 0.25) is 0 Å². The molecule has 0 bridgehead atoms. The average molecular weight is 294 g/mol. The number of carbonyl (C=O) groups excluding carboxylic acids is 1. The van der Waals surface area contributed by atoms with E-state index in [1.165, 1.54) is 12.3 Å².